The zero-order valence-corrected chi connectivity index (χ0v) is 19.0. The van der Waals surface area contributed by atoms with Crippen LogP contribution in [0, 0.1) is 0 Å². The first-order valence-corrected chi connectivity index (χ1v) is 9.57. The van der Waals surface area contributed by atoms with Crippen LogP contribution in [0.4, 0.5) is 5.69 Å². The Balaban J connectivity index is 0.00000288. The number of rotatable bonds is 4. The second-order valence-corrected chi connectivity index (χ2v) is 8.42. The summed E-state index contributed by atoms with van der Waals surface area (Å²) in [4.78, 5) is 0. The third-order valence-electron chi connectivity index (χ3n) is 2.60. The molecule has 0 saturated carbocycles. The van der Waals surface area contributed by atoms with Crippen molar-refractivity contribution in [2.24, 2.45) is 0 Å². The van der Waals surface area contributed by atoms with Gasteiger partial charge in [0.15, 0.2) is 5.75 Å². The number of ether oxygens (including phenoxy) is 1. The van der Waals surface area contributed by atoms with Crippen LogP contribution in [0.3, 0.4) is 0 Å². The minimum Gasteiger partial charge on any atom is -0.453 e. The molecule has 2 aromatic rings. The van der Waals surface area contributed by atoms with Gasteiger partial charge in [-0.3, -0.25) is 0 Å². The molecule has 0 N–H and O–H groups in total. The second kappa shape index (κ2) is 8.89. The van der Waals surface area contributed by atoms with Crippen molar-refractivity contribution in [2.75, 3.05) is 10.1 Å². The summed E-state index contributed by atoms with van der Waals surface area (Å²) in [6.45, 7) is 0. The van der Waals surface area contributed by atoms with Crippen molar-refractivity contribution in [3.63, 3.8) is 0 Å². The van der Waals surface area contributed by atoms with Crippen LogP contribution in [0.2, 0.25) is 20.1 Å². The number of hydrogen-bond donors (Lipinski definition) is 0. The van der Waals surface area contributed by atoms with E-state index in [4.69, 9.17) is 62.9 Å². The normalized spacial score (nSPS) is 10.9. The third-order valence-corrected chi connectivity index (χ3v) is 5.56. The number of hydrogen-bond acceptors (Lipinski definition) is 3. The molecular formula is C13H8Cl5NNaO3S. The Morgan fingerprint density at radius 2 is 1.50 bits per heavy atom. The Kier molecular flexibility index (Phi) is 8.33. The summed E-state index contributed by atoms with van der Waals surface area (Å²) in [6, 6.07) is 7.18. The standard InChI is InChI=1S/C13H8Cl5NO3S.Na/c1-23(20,21)19(18)11-5-8(15)9(16)6-13(11)22-12-3-2-7(14)4-10(12)17;/h2-6H,1H3;. The Hall–Kier alpha value is 0.440. The summed E-state index contributed by atoms with van der Waals surface area (Å²) in [6.07, 6.45) is 0.932. The van der Waals surface area contributed by atoms with Gasteiger partial charge in [0, 0.05) is 52.4 Å². The van der Waals surface area contributed by atoms with Gasteiger partial charge in [0.2, 0.25) is 10.0 Å². The topological polar surface area (TPSA) is 46.6 Å². The van der Waals surface area contributed by atoms with Crippen LogP contribution in [0.5, 0.6) is 11.5 Å². The predicted molar refractivity (Wildman–Crippen MR) is 102 cm³/mol. The van der Waals surface area contributed by atoms with Crippen molar-refractivity contribution in [3.8, 4) is 11.5 Å². The predicted octanol–water partition coefficient (Wildman–Crippen LogP) is 5.63. The maximum atomic E-state index is 11.7. The zero-order chi connectivity index (χ0) is 17.4. The van der Waals surface area contributed by atoms with Crippen LogP contribution in [0.1, 0.15) is 0 Å². The van der Waals surface area contributed by atoms with Crippen LogP contribution < -0.4 is 8.56 Å². The SMILES string of the molecule is CS(=O)(=O)N(Cl)c1cc(Cl)c(Cl)cc1Oc1ccc(Cl)cc1Cl.[Na]. The molecule has 2 aromatic carbocycles. The van der Waals surface area contributed by atoms with Gasteiger partial charge >= 0.3 is 0 Å². The summed E-state index contributed by atoms with van der Waals surface area (Å²) < 4.78 is 29.5. The number of halogens is 5. The minimum atomic E-state index is -3.75. The zero-order valence-electron chi connectivity index (χ0n) is 12.4. The Bertz CT molecular complexity index is 863. The molecule has 0 atom stereocenters. The molecule has 0 aliphatic rings. The van der Waals surface area contributed by atoms with E-state index in [9.17, 15) is 8.42 Å². The third kappa shape index (κ3) is 5.47. The number of sulfonamides is 1. The molecule has 1 radical (unpaired) electrons. The van der Waals surface area contributed by atoms with E-state index in [-0.39, 0.29) is 61.8 Å². The van der Waals surface area contributed by atoms with E-state index in [0.29, 0.717) is 8.85 Å². The fraction of sp³-hybridized carbons (Fsp3) is 0.0769. The Labute approximate surface area is 187 Å². The largest absolute Gasteiger partial charge is 0.453 e. The van der Waals surface area contributed by atoms with E-state index in [1.807, 2.05) is 0 Å². The molecule has 0 unspecified atom stereocenters. The van der Waals surface area contributed by atoms with Crippen LogP contribution in [-0.2, 0) is 10.0 Å². The molecule has 0 saturated heterocycles. The van der Waals surface area contributed by atoms with Crippen molar-refractivity contribution in [1.82, 2.24) is 0 Å². The van der Waals surface area contributed by atoms with Gasteiger partial charge in [0.05, 0.1) is 21.3 Å². The Morgan fingerprint density at radius 1 is 0.917 bits per heavy atom. The molecule has 4 nitrogen and oxygen atoms in total. The van der Waals surface area contributed by atoms with E-state index in [0.717, 1.165) is 6.26 Å². The first-order valence-electron chi connectivity index (χ1n) is 5.87. The number of nitrogens with zero attached hydrogens (tertiary/aromatic N) is 1. The van der Waals surface area contributed by atoms with Gasteiger partial charge in [0.25, 0.3) is 0 Å². The van der Waals surface area contributed by atoms with Crippen molar-refractivity contribution < 1.29 is 13.2 Å². The van der Waals surface area contributed by atoms with Gasteiger partial charge in [-0.2, -0.15) is 3.82 Å². The van der Waals surface area contributed by atoms with Crippen molar-refractivity contribution in [3.05, 3.63) is 50.4 Å². The maximum absolute atomic E-state index is 11.7. The first kappa shape index (κ1) is 22.5. The van der Waals surface area contributed by atoms with Gasteiger partial charge in [-0.05, 0) is 24.3 Å². The fourth-order valence-corrected chi connectivity index (χ4v) is 2.98. The average molecular weight is 459 g/mol. The second-order valence-electron chi connectivity index (χ2n) is 4.39. The number of benzene rings is 2. The van der Waals surface area contributed by atoms with E-state index >= 15 is 0 Å². The molecule has 0 amide bonds. The molecule has 2 rings (SSSR count). The molecule has 0 spiro atoms. The molecule has 0 fully saturated rings. The van der Waals surface area contributed by atoms with Crippen molar-refractivity contribution in [1.29, 1.82) is 0 Å². The van der Waals surface area contributed by atoms with Gasteiger partial charge in [-0.25, -0.2) is 8.42 Å². The minimum absolute atomic E-state index is 0. The van der Waals surface area contributed by atoms with Gasteiger partial charge in [-0.15, -0.1) is 0 Å². The summed E-state index contributed by atoms with van der Waals surface area (Å²) in [5.74, 6) is 0.304. The van der Waals surface area contributed by atoms with Crippen LogP contribution in [0.15, 0.2) is 30.3 Å². The summed E-state index contributed by atoms with van der Waals surface area (Å²) in [5.41, 5.74) is -0.00502. The molecule has 0 aromatic heterocycles. The van der Waals surface area contributed by atoms with Crippen molar-refractivity contribution >= 4 is 103 Å². The first-order chi connectivity index (χ1) is 10.6. The maximum Gasteiger partial charge on any atom is 0.246 e. The van der Waals surface area contributed by atoms with E-state index in [1.54, 1.807) is 6.07 Å². The van der Waals surface area contributed by atoms with Gasteiger partial charge < -0.3 is 4.74 Å². The molecule has 0 bridgehead atoms. The van der Waals surface area contributed by atoms with E-state index in [2.05, 4.69) is 0 Å². The van der Waals surface area contributed by atoms with E-state index < -0.39 is 10.0 Å². The van der Waals surface area contributed by atoms with Crippen LogP contribution in [0.25, 0.3) is 0 Å². The van der Waals surface area contributed by atoms with E-state index in [1.165, 1.54) is 24.3 Å². The smallest absolute Gasteiger partial charge is 0.246 e. The Morgan fingerprint density at radius 3 is 2.04 bits per heavy atom. The average Bonchev–Trinajstić information content (AvgIpc) is 2.43. The molecule has 0 heterocycles. The van der Waals surface area contributed by atoms with Crippen molar-refractivity contribution in [2.45, 2.75) is 0 Å². The fourth-order valence-electron chi connectivity index (χ4n) is 1.59. The summed E-state index contributed by atoms with van der Waals surface area (Å²) >= 11 is 29.6. The van der Waals surface area contributed by atoms with Crippen LogP contribution >= 0.6 is 58.2 Å². The van der Waals surface area contributed by atoms with Gasteiger partial charge in [0.1, 0.15) is 11.4 Å². The molecular weight excluding hydrogens is 450 g/mol. The van der Waals surface area contributed by atoms with Gasteiger partial charge in [-0.1, -0.05) is 46.4 Å². The summed E-state index contributed by atoms with van der Waals surface area (Å²) in [7, 11) is -3.75. The van der Waals surface area contributed by atoms with Crippen LogP contribution in [-0.4, -0.2) is 44.2 Å². The molecule has 0 aliphatic heterocycles. The molecule has 11 heteroatoms. The number of anilines is 1. The summed E-state index contributed by atoms with van der Waals surface area (Å²) in [5, 5.41) is 0.932. The monoisotopic (exact) mass is 456 g/mol. The molecule has 24 heavy (non-hydrogen) atoms. The molecule has 0 aliphatic carbocycles. The molecule has 125 valence electrons. The quantitative estimate of drug-likeness (QED) is 0.441.